The number of hydrogen-bond acceptors (Lipinski definition) is 7. The van der Waals surface area contributed by atoms with Crippen LogP contribution in [0.4, 0.5) is 17.5 Å². The first-order valence-electron chi connectivity index (χ1n) is 6.81. The Bertz CT molecular complexity index is 465. The lowest BCUT2D eigenvalue weighted by Crippen LogP contribution is -2.16. The third-order valence-electron chi connectivity index (χ3n) is 3.02. The summed E-state index contributed by atoms with van der Waals surface area (Å²) in [5.74, 6) is 1.90. The van der Waals surface area contributed by atoms with E-state index in [0.717, 1.165) is 19.4 Å². The number of aromatic nitrogens is 2. The number of rotatable bonds is 7. The maximum absolute atomic E-state index is 11.0. The van der Waals surface area contributed by atoms with Gasteiger partial charge in [-0.15, -0.1) is 0 Å². The van der Waals surface area contributed by atoms with E-state index in [1.54, 1.807) is 0 Å². The molecule has 1 fully saturated rings. The van der Waals surface area contributed by atoms with Gasteiger partial charge < -0.3 is 10.6 Å². The van der Waals surface area contributed by atoms with Crippen LogP contribution in [0.1, 0.15) is 26.2 Å². The maximum Gasteiger partial charge on any atom is 0.329 e. The molecule has 2 N–H and O–H groups in total. The SMILES string of the molecule is CCCNc1ncc([N+](=O)[O-])c(NCC2CCCS2)n1. The third-order valence-corrected chi connectivity index (χ3v) is 4.42. The topological polar surface area (TPSA) is 93.0 Å². The Morgan fingerprint density at radius 3 is 3.05 bits per heavy atom. The highest BCUT2D eigenvalue weighted by Gasteiger charge is 2.20. The molecule has 1 aromatic heterocycles. The summed E-state index contributed by atoms with van der Waals surface area (Å²) in [6.45, 7) is 3.49. The van der Waals surface area contributed by atoms with Gasteiger partial charge in [-0.1, -0.05) is 6.92 Å². The number of thioether (sulfide) groups is 1. The molecule has 0 aliphatic carbocycles. The van der Waals surface area contributed by atoms with Gasteiger partial charge in [0.1, 0.15) is 6.20 Å². The number of nitrogens with zero attached hydrogens (tertiary/aromatic N) is 3. The Kier molecular flexibility index (Phi) is 5.40. The van der Waals surface area contributed by atoms with E-state index < -0.39 is 4.92 Å². The van der Waals surface area contributed by atoms with Gasteiger partial charge >= 0.3 is 5.69 Å². The van der Waals surface area contributed by atoms with Crippen molar-refractivity contribution in [2.45, 2.75) is 31.4 Å². The molecule has 2 heterocycles. The molecule has 1 saturated heterocycles. The van der Waals surface area contributed by atoms with E-state index in [-0.39, 0.29) is 5.69 Å². The van der Waals surface area contributed by atoms with Crippen LogP contribution in [0, 0.1) is 10.1 Å². The Morgan fingerprint density at radius 1 is 1.55 bits per heavy atom. The Balaban J connectivity index is 2.06. The van der Waals surface area contributed by atoms with Crippen molar-refractivity contribution in [3.63, 3.8) is 0 Å². The predicted molar refractivity (Wildman–Crippen MR) is 81.4 cm³/mol. The van der Waals surface area contributed by atoms with E-state index in [1.165, 1.54) is 18.4 Å². The quantitative estimate of drug-likeness (QED) is 0.590. The maximum atomic E-state index is 11.0. The molecule has 110 valence electrons. The minimum absolute atomic E-state index is 0.0740. The number of anilines is 2. The first-order chi connectivity index (χ1) is 9.70. The molecule has 0 saturated carbocycles. The van der Waals surface area contributed by atoms with Crippen LogP contribution < -0.4 is 10.6 Å². The second-order valence-electron chi connectivity index (χ2n) is 4.63. The van der Waals surface area contributed by atoms with Crippen LogP contribution in [0.5, 0.6) is 0 Å². The number of nitro groups is 1. The van der Waals surface area contributed by atoms with E-state index in [1.807, 2.05) is 18.7 Å². The highest BCUT2D eigenvalue weighted by Crippen LogP contribution is 2.28. The molecule has 20 heavy (non-hydrogen) atoms. The van der Waals surface area contributed by atoms with Crippen molar-refractivity contribution in [1.82, 2.24) is 9.97 Å². The molecule has 0 spiro atoms. The molecule has 0 amide bonds. The molecule has 0 bridgehead atoms. The van der Waals surface area contributed by atoms with E-state index in [2.05, 4.69) is 20.6 Å². The van der Waals surface area contributed by atoms with Crippen molar-refractivity contribution >= 4 is 29.2 Å². The van der Waals surface area contributed by atoms with E-state index in [0.29, 0.717) is 23.6 Å². The highest BCUT2D eigenvalue weighted by molar-refractivity contribution is 8.00. The normalized spacial score (nSPS) is 17.9. The molecular formula is C12H19N5O2S. The number of hydrogen-bond donors (Lipinski definition) is 2. The zero-order valence-corrected chi connectivity index (χ0v) is 12.3. The van der Waals surface area contributed by atoms with Crippen LogP contribution in [-0.2, 0) is 0 Å². The monoisotopic (exact) mass is 297 g/mol. The summed E-state index contributed by atoms with van der Waals surface area (Å²) in [4.78, 5) is 18.7. The van der Waals surface area contributed by atoms with E-state index >= 15 is 0 Å². The van der Waals surface area contributed by atoms with Crippen molar-refractivity contribution in [3.05, 3.63) is 16.3 Å². The summed E-state index contributed by atoms with van der Waals surface area (Å²) >= 11 is 1.90. The minimum atomic E-state index is -0.451. The molecule has 1 aromatic rings. The van der Waals surface area contributed by atoms with Gasteiger partial charge in [0.05, 0.1) is 4.92 Å². The van der Waals surface area contributed by atoms with Gasteiger partial charge in [-0.25, -0.2) is 4.98 Å². The van der Waals surface area contributed by atoms with E-state index in [4.69, 9.17) is 0 Å². The first kappa shape index (κ1) is 14.8. The molecule has 1 aliphatic heterocycles. The lowest BCUT2D eigenvalue weighted by Gasteiger charge is -2.11. The van der Waals surface area contributed by atoms with Crippen LogP contribution >= 0.6 is 11.8 Å². The van der Waals surface area contributed by atoms with Gasteiger partial charge in [0, 0.05) is 18.3 Å². The zero-order valence-electron chi connectivity index (χ0n) is 11.5. The Morgan fingerprint density at radius 2 is 2.40 bits per heavy atom. The molecule has 2 rings (SSSR count). The van der Waals surface area contributed by atoms with Gasteiger partial charge in [0.25, 0.3) is 0 Å². The Labute approximate surface area is 122 Å². The van der Waals surface area contributed by atoms with Crippen molar-refractivity contribution in [2.24, 2.45) is 0 Å². The molecule has 8 heteroatoms. The van der Waals surface area contributed by atoms with Crippen LogP contribution in [0.25, 0.3) is 0 Å². The van der Waals surface area contributed by atoms with Crippen molar-refractivity contribution < 1.29 is 4.92 Å². The van der Waals surface area contributed by atoms with Gasteiger partial charge in [-0.3, -0.25) is 10.1 Å². The standard InChI is InChI=1S/C12H19N5O2S/c1-2-5-13-12-15-8-10(17(18)19)11(16-12)14-7-9-4-3-6-20-9/h8-9H,2-7H2,1H3,(H2,13,14,15,16). The van der Waals surface area contributed by atoms with Gasteiger partial charge in [-0.05, 0) is 25.0 Å². The smallest absolute Gasteiger partial charge is 0.329 e. The first-order valence-corrected chi connectivity index (χ1v) is 7.86. The average Bonchev–Trinajstić information content (AvgIpc) is 2.96. The van der Waals surface area contributed by atoms with Crippen LogP contribution in [0.15, 0.2) is 6.20 Å². The molecule has 1 atom stereocenters. The van der Waals surface area contributed by atoms with Crippen molar-refractivity contribution in [1.29, 1.82) is 0 Å². The molecule has 1 unspecified atom stereocenters. The van der Waals surface area contributed by atoms with Crippen LogP contribution in [0.3, 0.4) is 0 Å². The zero-order chi connectivity index (χ0) is 14.4. The summed E-state index contributed by atoms with van der Waals surface area (Å²) in [5.41, 5.74) is -0.0740. The minimum Gasteiger partial charge on any atom is -0.363 e. The second kappa shape index (κ2) is 7.28. The lowest BCUT2D eigenvalue weighted by molar-refractivity contribution is -0.384. The number of nitrogens with one attached hydrogen (secondary N) is 2. The highest BCUT2D eigenvalue weighted by atomic mass is 32.2. The molecular weight excluding hydrogens is 278 g/mol. The summed E-state index contributed by atoms with van der Waals surface area (Å²) in [5, 5.41) is 17.7. The largest absolute Gasteiger partial charge is 0.363 e. The molecule has 7 nitrogen and oxygen atoms in total. The van der Waals surface area contributed by atoms with E-state index in [9.17, 15) is 10.1 Å². The van der Waals surface area contributed by atoms with Crippen LogP contribution in [0.2, 0.25) is 0 Å². The summed E-state index contributed by atoms with van der Waals surface area (Å²) in [6.07, 6.45) is 4.57. The van der Waals surface area contributed by atoms with Crippen molar-refractivity contribution in [2.75, 3.05) is 29.5 Å². The van der Waals surface area contributed by atoms with Gasteiger partial charge in [-0.2, -0.15) is 16.7 Å². The second-order valence-corrected chi connectivity index (χ2v) is 6.04. The molecule has 0 radical (unpaired) electrons. The molecule has 1 aliphatic rings. The van der Waals surface area contributed by atoms with Gasteiger partial charge in [0.15, 0.2) is 0 Å². The van der Waals surface area contributed by atoms with Gasteiger partial charge in [0.2, 0.25) is 11.8 Å². The third kappa shape index (κ3) is 3.96. The summed E-state index contributed by atoms with van der Waals surface area (Å²) in [7, 11) is 0. The fourth-order valence-electron chi connectivity index (χ4n) is 1.98. The molecule has 0 aromatic carbocycles. The fourth-order valence-corrected chi connectivity index (χ4v) is 3.18. The summed E-state index contributed by atoms with van der Waals surface area (Å²) in [6, 6.07) is 0. The van der Waals surface area contributed by atoms with Crippen LogP contribution in [-0.4, -0.2) is 39.0 Å². The van der Waals surface area contributed by atoms with Crippen molar-refractivity contribution in [3.8, 4) is 0 Å². The lowest BCUT2D eigenvalue weighted by atomic mass is 10.2. The average molecular weight is 297 g/mol. The summed E-state index contributed by atoms with van der Waals surface area (Å²) < 4.78 is 0. The Hall–Kier alpha value is -1.57. The predicted octanol–water partition coefficient (Wildman–Crippen LogP) is 2.51. The fraction of sp³-hybridized carbons (Fsp3) is 0.667.